The zero-order valence-electron chi connectivity index (χ0n) is 14.5. The van der Waals surface area contributed by atoms with E-state index in [2.05, 4.69) is 15.6 Å². The van der Waals surface area contributed by atoms with Crippen molar-refractivity contribution in [3.63, 3.8) is 0 Å². The number of nitrogens with zero attached hydrogens (tertiary/aromatic N) is 4. The standard InChI is InChI=1S/C16H19N5O5/c1-4-9(2)13(16(23)24)17-15(22)14-10(3)20(19-18-14)11-6-5-7-12(8-11)21(25)26/h5-9,13H,4H2,1-3H3,(H,17,22)(H,23,24). The van der Waals surface area contributed by atoms with Crippen LogP contribution in [0, 0.1) is 23.0 Å². The molecule has 0 radical (unpaired) electrons. The minimum Gasteiger partial charge on any atom is -0.480 e. The van der Waals surface area contributed by atoms with Crippen LogP contribution in [0.1, 0.15) is 36.5 Å². The van der Waals surface area contributed by atoms with Crippen molar-refractivity contribution < 1.29 is 19.6 Å². The van der Waals surface area contributed by atoms with E-state index in [1.165, 1.54) is 22.9 Å². The van der Waals surface area contributed by atoms with E-state index in [4.69, 9.17) is 0 Å². The lowest BCUT2D eigenvalue weighted by atomic mass is 9.99. The van der Waals surface area contributed by atoms with Crippen molar-refractivity contribution >= 4 is 17.6 Å². The number of hydrogen-bond acceptors (Lipinski definition) is 6. The van der Waals surface area contributed by atoms with Gasteiger partial charge >= 0.3 is 5.97 Å². The summed E-state index contributed by atoms with van der Waals surface area (Å²) in [4.78, 5) is 34.1. The van der Waals surface area contributed by atoms with Gasteiger partial charge in [-0.3, -0.25) is 14.9 Å². The topological polar surface area (TPSA) is 140 Å². The van der Waals surface area contributed by atoms with Crippen LogP contribution in [-0.2, 0) is 4.79 Å². The summed E-state index contributed by atoms with van der Waals surface area (Å²) in [5.41, 5.74) is 0.563. The molecule has 0 aliphatic heterocycles. The number of aliphatic carboxylic acids is 1. The molecule has 10 nitrogen and oxygen atoms in total. The van der Waals surface area contributed by atoms with Crippen LogP contribution in [-0.4, -0.2) is 42.9 Å². The van der Waals surface area contributed by atoms with Crippen molar-refractivity contribution in [1.29, 1.82) is 0 Å². The first-order valence-corrected chi connectivity index (χ1v) is 7.97. The number of nitrogens with one attached hydrogen (secondary N) is 1. The van der Waals surface area contributed by atoms with Crippen molar-refractivity contribution in [1.82, 2.24) is 20.3 Å². The van der Waals surface area contributed by atoms with E-state index in [0.717, 1.165) is 0 Å². The SMILES string of the molecule is CCC(C)C(NC(=O)c1nnn(-c2cccc([N+](=O)[O-])c2)c1C)C(=O)O. The van der Waals surface area contributed by atoms with E-state index in [9.17, 15) is 24.8 Å². The molecule has 2 rings (SSSR count). The lowest BCUT2D eigenvalue weighted by Crippen LogP contribution is -2.45. The monoisotopic (exact) mass is 361 g/mol. The minimum absolute atomic E-state index is 0.0361. The molecular formula is C16H19N5O5. The highest BCUT2D eigenvalue weighted by molar-refractivity contribution is 5.95. The molecule has 0 saturated carbocycles. The number of nitro benzene ring substituents is 1. The number of amides is 1. The van der Waals surface area contributed by atoms with Crippen molar-refractivity contribution in [2.24, 2.45) is 5.92 Å². The summed E-state index contributed by atoms with van der Waals surface area (Å²) >= 11 is 0. The zero-order valence-corrected chi connectivity index (χ0v) is 14.5. The predicted octanol–water partition coefficient (Wildman–Crippen LogP) is 1.71. The van der Waals surface area contributed by atoms with Gasteiger partial charge < -0.3 is 10.4 Å². The predicted molar refractivity (Wildman–Crippen MR) is 91.1 cm³/mol. The molecule has 2 atom stereocenters. The number of rotatable bonds is 7. The molecule has 10 heteroatoms. The van der Waals surface area contributed by atoms with Crippen LogP contribution in [0.2, 0.25) is 0 Å². The molecule has 2 N–H and O–H groups in total. The zero-order chi connectivity index (χ0) is 19.4. The summed E-state index contributed by atoms with van der Waals surface area (Å²) in [5, 5.41) is 30.3. The molecule has 1 aromatic heterocycles. The summed E-state index contributed by atoms with van der Waals surface area (Å²) in [6, 6.07) is 4.69. The van der Waals surface area contributed by atoms with Gasteiger partial charge in [0.15, 0.2) is 5.69 Å². The van der Waals surface area contributed by atoms with E-state index in [-0.39, 0.29) is 17.3 Å². The van der Waals surface area contributed by atoms with E-state index in [1.54, 1.807) is 19.9 Å². The third kappa shape index (κ3) is 3.85. The van der Waals surface area contributed by atoms with Crippen LogP contribution in [0.25, 0.3) is 5.69 Å². The Bertz CT molecular complexity index is 847. The summed E-state index contributed by atoms with van der Waals surface area (Å²) in [7, 11) is 0. The smallest absolute Gasteiger partial charge is 0.326 e. The largest absolute Gasteiger partial charge is 0.480 e. The average molecular weight is 361 g/mol. The maximum atomic E-state index is 12.4. The first kappa shape index (κ1) is 19.0. The van der Waals surface area contributed by atoms with E-state index in [1.807, 2.05) is 6.92 Å². The Morgan fingerprint density at radius 3 is 2.69 bits per heavy atom. The number of benzene rings is 1. The van der Waals surface area contributed by atoms with Crippen LogP contribution in [0.3, 0.4) is 0 Å². The number of carbonyl (C=O) groups excluding carboxylic acids is 1. The highest BCUT2D eigenvalue weighted by Crippen LogP contribution is 2.18. The lowest BCUT2D eigenvalue weighted by Gasteiger charge is -2.19. The number of carboxylic acid groups (broad SMARTS) is 1. The number of carbonyl (C=O) groups is 2. The fourth-order valence-corrected chi connectivity index (χ4v) is 2.42. The van der Waals surface area contributed by atoms with Gasteiger partial charge in [-0.2, -0.15) is 0 Å². The number of aromatic nitrogens is 3. The van der Waals surface area contributed by atoms with Crippen LogP contribution in [0.5, 0.6) is 0 Å². The molecule has 0 spiro atoms. The lowest BCUT2D eigenvalue weighted by molar-refractivity contribution is -0.384. The molecule has 0 aliphatic carbocycles. The van der Waals surface area contributed by atoms with Gasteiger partial charge in [0, 0.05) is 12.1 Å². The van der Waals surface area contributed by atoms with Crippen LogP contribution in [0.15, 0.2) is 24.3 Å². The maximum absolute atomic E-state index is 12.4. The van der Waals surface area contributed by atoms with E-state index >= 15 is 0 Å². The second-order valence-electron chi connectivity index (χ2n) is 5.89. The first-order valence-electron chi connectivity index (χ1n) is 7.97. The molecule has 0 saturated heterocycles. The van der Waals surface area contributed by atoms with Crippen molar-refractivity contribution in [3.8, 4) is 5.69 Å². The van der Waals surface area contributed by atoms with Gasteiger partial charge in [0.05, 0.1) is 16.3 Å². The summed E-state index contributed by atoms with van der Waals surface area (Å²) < 4.78 is 1.29. The molecule has 2 unspecified atom stereocenters. The number of non-ortho nitro benzene ring substituents is 1. The minimum atomic E-state index is -1.13. The van der Waals surface area contributed by atoms with E-state index in [0.29, 0.717) is 17.8 Å². The number of hydrogen-bond donors (Lipinski definition) is 2. The second-order valence-corrected chi connectivity index (χ2v) is 5.89. The Kier molecular flexibility index (Phi) is 5.65. The van der Waals surface area contributed by atoms with Gasteiger partial charge in [0.1, 0.15) is 6.04 Å². The molecule has 0 fully saturated rings. The fourth-order valence-electron chi connectivity index (χ4n) is 2.42. The quantitative estimate of drug-likeness (QED) is 0.565. The molecule has 26 heavy (non-hydrogen) atoms. The summed E-state index contributed by atoms with van der Waals surface area (Å²) in [6.45, 7) is 5.13. The van der Waals surface area contributed by atoms with Gasteiger partial charge in [-0.1, -0.05) is 31.5 Å². The van der Waals surface area contributed by atoms with Crippen LogP contribution >= 0.6 is 0 Å². The first-order chi connectivity index (χ1) is 12.3. The number of nitro groups is 1. The molecule has 1 amide bonds. The molecule has 0 bridgehead atoms. The summed E-state index contributed by atoms with van der Waals surface area (Å²) in [5.74, 6) is -2.05. The molecule has 1 aromatic carbocycles. The average Bonchev–Trinajstić information content (AvgIpc) is 3.00. The summed E-state index contributed by atoms with van der Waals surface area (Å²) in [6.07, 6.45) is 0.580. The Labute approximate surface area is 149 Å². The van der Waals surface area contributed by atoms with E-state index < -0.39 is 22.8 Å². The Balaban J connectivity index is 2.31. The Morgan fingerprint density at radius 1 is 1.42 bits per heavy atom. The second kappa shape index (κ2) is 7.72. The van der Waals surface area contributed by atoms with Gasteiger partial charge in [0.2, 0.25) is 0 Å². The highest BCUT2D eigenvalue weighted by Gasteiger charge is 2.28. The third-order valence-electron chi connectivity index (χ3n) is 4.16. The number of carboxylic acids is 1. The molecule has 2 aromatic rings. The molecule has 1 heterocycles. The van der Waals surface area contributed by atoms with Crippen molar-refractivity contribution in [2.75, 3.05) is 0 Å². The van der Waals surface area contributed by atoms with Gasteiger partial charge in [0.25, 0.3) is 11.6 Å². The van der Waals surface area contributed by atoms with Crippen LogP contribution < -0.4 is 5.32 Å². The molecule has 138 valence electrons. The highest BCUT2D eigenvalue weighted by atomic mass is 16.6. The normalized spacial score (nSPS) is 13.0. The van der Waals surface area contributed by atoms with Crippen molar-refractivity contribution in [3.05, 3.63) is 45.8 Å². The maximum Gasteiger partial charge on any atom is 0.326 e. The molecule has 0 aliphatic rings. The van der Waals surface area contributed by atoms with Gasteiger partial charge in [-0.25, -0.2) is 9.48 Å². The third-order valence-corrected chi connectivity index (χ3v) is 4.16. The Hall–Kier alpha value is -3.30. The van der Waals surface area contributed by atoms with Crippen molar-refractivity contribution in [2.45, 2.75) is 33.2 Å². The van der Waals surface area contributed by atoms with Crippen LogP contribution in [0.4, 0.5) is 5.69 Å². The van der Waals surface area contributed by atoms with Gasteiger partial charge in [-0.05, 0) is 18.9 Å². The molecular weight excluding hydrogens is 342 g/mol. The van der Waals surface area contributed by atoms with Gasteiger partial charge in [-0.15, -0.1) is 5.10 Å². The Morgan fingerprint density at radius 2 is 2.12 bits per heavy atom. The fraction of sp³-hybridized carbons (Fsp3) is 0.375.